The van der Waals surface area contributed by atoms with Crippen molar-refractivity contribution >= 4 is 17.5 Å². The second-order valence-corrected chi connectivity index (χ2v) is 7.39. The van der Waals surface area contributed by atoms with E-state index in [0.29, 0.717) is 5.92 Å². The molecule has 0 spiro atoms. The second kappa shape index (κ2) is 7.97. The summed E-state index contributed by atoms with van der Waals surface area (Å²) >= 11 is 0. The first-order valence-corrected chi connectivity index (χ1v) is 8.86. The van der Waals surface area contributed by atoms with Gasteiger partial charge in [0.1, 0.15) is 0 Å². The van der Waals surface area contributed by atoms with E-state index >= 15 is 0 Å². The van der Waals surface area contributed by atoms with Gasteiger partial charge in [-0.05, 0) is 45.4 Å². The van der Waals surface area contributed by atoms with Crippen LogP contribution in [-0.4, -0.2) is 41.9 Å². The molecule has 6 nitrogen and oxygen atoms in total. The molecule has 1 aliphatic rings. The Morgan fingerprint density at radius 1 is 1.28 bits per heavy atom. The average Bonchev–Trinajstić information content (AvgIpc) is 2.61. The summed E-state index contributed by atoms with van der Waals surface area (Å²) in [5.74, 6) is 5.07. The lowest BCUT2D eigenvalue weighted by Crippen LogP contribution is -2.61. The normalized spacial score (nSPS) is 23.1. The lowest BCUT2D eigenvalue weighted by Gasteiger charge is -2.52. The van der Waals surface area contributed by atoms with Gasteiger partial charge in [-0.3, -0.25) is 15.0 Å². The Hall–Kier alpha value is -1.92. The number of nitrogens with one attached hydrogen (secondary N) is 1. The summed E-state index contributed by atoms with van der Waals surface area (Å²) in [7, 11) is 2.13. The Kier molecular flexibility index (Phi) is 6.19. The number of amides is 2. The first-order valence-electron chi connectivity index (χ1n) is 8.86. The van der Waals surface area contributed by atoms with Crippen LogP contribution >= 0.6 is 0 Å². The van der Waals surface area contributed by atoms with Crippen molar-refractivity contribution in [1.29, 1.82) is 0 Å². The molecule has 1 saturated heterocycles. The van der Waals surface area contributed by atoms with Crippen LogP contribution in [0.25, 0.3) is 0 Å². The quantitative estimate of drug-likeness (QED) is 0.485. The number of carbonyl (C=O) groups is 2. The molecule has 0 aromatic heterocycles. The summed E-state index contributed by atoms with van der Waals surface area (Å²) < 4.78 is 0. The molecular formula is C19H30N4O2. The standard InChI is InChI=1S/C19H30N4O2/c1-14-16(12-13-22(4)19(14,2)3)23(15-8-6-5-7-9-15)18(25)11-10-17(24)21-20/h5-9,14,16H,10-13,20H2,1-4H3,(H,21,24). The number of nitrogens with two attached hydrogens (primary N) is 1. The number of rotatable bonds is 5. The zero-order chi connectivity index (χ0) is 18.6. The molecule has 138 valence electrons. The number of nitrogens with zero attached hydrogens (tertiary/aromatic N) is 2. The Bertz CT molecular complexity index is 603. The van der Waals surface area contributed by atoms with E-state index in [1.165, 1.54) is 0 Å². The third-order valence-corrected chi connectivity index (χ3v) is 5.80. The number of hydrogen-bond donors (Lipinski definition) is 2. The molecule has 2 atom stereocenters. The number of hydrazine groups is 1. The number of likely N-dealkylation sites (tertiary alicyclic amines) is 1. The van der Waals surface area contributed by atoms with Gasteiger partial charge in [0.05, 0.1) is 0 Å². The van der Waals surface area contributed by atoms with E-state index in [1.54, 1.807) is 0 Å². The summed E-state index contributed by atoms with van der Waals surface area (Å²) in [6.07, 6.45) is 1.16. The minimum absolute atomic E-state index is 0.00907. The van der Waals surface area contributed by atoms with Crippen molar-refractivity contribution in [2.45, 2.75) is 51.6 Å². The van der Waals surface area contributed by atoms with Crippen LogP contribution in [-0.2, 0) is 9.59 Å². The van der Waals surface area contributed by atoms with Crippen molar-refractivity contribution in [1.82, 2.24) is 10.3 Å². The molecule has 0 bridgehead atoms. The fraction of sp³-hybridized carbons (Fsp3) is 0.579. The average molecular weight is 346 g/mol. The Labute approximate surface area is 150 Å². The predicted molar refractivity (Wildman–Crippen MR) is 99.8 cm³/mol. The molecule has 25 heavy (non-hydrogen) atoms. The smallest absolute Gasteiger partial charge is 0.234 e. The fourth-order valence-corrected chi connectivity index (χ4v) is 3.56. The van der Waals surface area contributed by atoms with Gasteiger partial charge in [-0.25, -0.2) is 5.84 Å². The van der Waals surface area contributed by atoms with Crippen molar-refractivity contribution < 1.29 is 9.59 Å². The molecule has 2 rings (SSSR count). The molecule has 6 heteroatoms. The molecule has 1 fully saturated rings. The first kappa shape index (κ1) is 19.4. The molecule has 1 aromatic carbocycles. The van der Waals surface area contributed by atoms with E-state index in [2.05, 4.69) is 38.1 Å². The van der Waals surface area contributed by atoms with Crippen molar-refractivity contribution in [2.75, 3.05) is 18.5 Å². The Morgan fingerprint density at radius 3 is 2.52 bits per heavy atom. The molecule has 1 heterocycles. The van der Waals surface area contributed by atoms with Crippen molar-refractivity contribution in [3.8, 4) is 0 Å². The van der Waals surface area contributed by atoms with Crippen molar-refractivity contribution in [3.63, 3.8) is 0 Å². The van der Waals surface area contributed by atoms with E-state index in [0.717, 1.165) is 18.7 Å². The minimum atomic E-state index is -0.321. The van der Waals surface area contributed by atoms with Crippen LogP contribution in [0, 0.1) is 5.92 Å². The maximum absolute atomic E-state index is 13.0. The molecular weight excluding hydrogens is 316 g/mol. The van der Waals surface area contributed by atoms with E-state index < -0.39 is 0 Å². The van der Waals surface area contributed by atoms with Gasteiger partial charge in [-0.2, -0.15) is 0 Å². The summed E-state index contributed by atoms with van der Waals surface area (Å²) in [6, 6.07) is 9.83. The van der Waals surface area contributed by atoms with Crippen LogP contribution < -0.4 is 16.2 Å². The second-order valence-electron chi connectivity index (χ2n) is 7.39. The molecule has 1 aromatic rings. The molecule has 0 aliphatic carbocycles. The van der Waals surface area contributed by atoms with Gasteiger partial charge in [-0.15, -0.1) is 0 Å². The van der Waals surface area contributed by atoms with Crippen molar-refractivity contribution in [3.05, 3.63) is 30.3 Å². The van der Waals surface area contributed by atoms with Gasteiger partial charge in [0.15, 0.2) is 0 Å². The lowest BCUT2D eigenvalue weighted by molar-refractivity contribution is -0.125. The molecule has 0 saturated carbocycles. The highest BCUT2D eigenvalue weighted by Crippen LogP contribution is 2.37. The zero-order valence-electron chi connectivity index (χ0n) is 15.7. The van der Waals surface area contributed by atoms with Crippen LogP contribution in [0.1, 0.15) is 40.0 Å². The van der Waals surface area contributed by atoms with E-state index in [-0.39, 0.29) is 36.2 Å². The van der Waals surface area contributed by atoms with Gasteiger partial charge >= 0.3 is 0 Å². The molecule has 0 radical (unpaired) electrons. The van der Waals surface area contributed by atoms with Crippen LogP contribution in [0.3, 0.4) is 0 Å². The van der Waals surface area contributed by atoms with Crippen LogP contribution in [0.15, 0.2) is 30.3 Å². The SMILES string of the molecule is CC1C(N(C(=O)CCC(=O)NN)c2ccccc2)CCN(C)C1(C)C. The first-order chi connectivity index (χ1) is 11.8. The Balaban J connectivity index is 2.29. The monoisotopic (exact) mass is 346 g/mol. The maximum atomic E-state index is 13.0. The summed E-state index contributed by atoms with van der Waals surface area (Å²) in [4.78, 5) is 28.7. The third-order valence-electron chi connectivity index (χ3n) is 5.80. The fourth-order valence-electron chi connectivity index (χ4n) is 3.56. The van der Waals surface area contributed by atoms with Gasteiger partial charge in [0.2, 0.25) is 11.8 Å². The van der Waals surface area contributed by atoms with Gasteiger partial charge in [-0.1, -0.05) is 25.1 Å². The van der Waals surface area contributed by atoms with Gasteiger partial charge in [0, 0.05) is 36.7 Å². The number of hydrogen-bond acceptors (Lipinski definition) is 4. The summed E-state index contributed by atoms with van der Waals surface area (Å²) in [5.41, 5.74) is 2.97. The summed E-state index contributed by atoms with van der Waals surface area (Å²) in [6.45, 7) is 7.58. The number of para-hydroxylation sites is 1. The Morgan fingerprint density at radius 2 is 1.92 bits per heavy atom. The molecule has 2 amide bonds. The zero-order valence-corrected chi connectivity index (χ0v) is 15.7. The van der Waals surface area contributed by atoms with E-state index in [4.69, 9.17) is 5.84 Å². The van der Waals surface area contributed by atoms with Gasteiger partial charge < -0.3 is 9.80 Å². The number of anilines is 1. The minimum Gasteiger partial charge on any atom is -0.309 e. The number of carbonyl (C=O) groups excluding carboxylic acids is 2. The number of benzene rings is 1. The topological polar surface area (TPSA) is 78.7 Å². The number of piperidine rings is 1. The highest BCUT2D eigenvalue weighted by atomic mass is 16.2. The molecule has 3 N–H and O–H groups in total. The molecule has 1 aliphatic heterocycles. The largest absolute Gasteiger partial charge is 0.309 e. The van der Waals surface area contributed by atoms with Gasteiger partial charge in [0.25, 0.3) is 0 Å². The van der Waals surface area contributed by atoms with Crippen molar-refractivity contribution in [2.24, 2.45) is 11.8 Å². The highest BCUT2D eigenvalue weighted by molar-refractivity contribution is 5.96. The lowest BCUT2D eigenvalue weighted by atomic mass is 9.76. The van der Waals surface area contributed by atoms with E-state index in [1.807, 2.05) is 35.2 Å². The summed E-state index contributed by atoms with van der Waals surface area (Å²) in [5, 5.41) is 0. The van der Waals surface area contributed by atoms with Crippen LogP contribution in [0.4, 0.5) is 5.69 Å². The maximum Gasteiger partial charge on any atom is 0.234 e. The van der Waals surface area contributed by atoms with Crippen LogP contribution in [0.2, 0.25) is 0 Å². The third kappa shape index (κ3) is 4.19. The highest BCUT2D eigenvalue weighted by Gasteiger charge is 2.43. The predicted octanol–water partition coefficient (Wildman–Crippen LogP) is 1.91. The van der Waals surface area contributed by atoms with E-state index in [9.17, 15) is 9.59 Å². The van der Waals surface area contributed by atoms with Crippen LogP contribution in [0.5, 0.6) is 0 Å². The molecule has 2 unspecified atom stereocenters.